The Morgan fingerprint density at radius 2 is 1.93 bits per heavy atom. The molecule has 1 unspecified atom stereocenters. The number of rotatable bonds is 9. The van der Waals surface area contributed by atoms with Crippen molar-refractivity contribution in [2.45, 2.75) is 44.1 Å². The first-order chi connectivity index (χ1) is 19.4. The van der Waals surface area contributed by atoms with Crippen molar-refractivity contribution in [3.8, 4) is 5.75 Å². The summed E-state index contributed by atoms with van der Waals surface area (Å²) in [5, 5.41) is 12.6. The summed E-state index contributed by atoms with van der Waals surface area (Å²) in [7, 11) is 0. The van der Waals surface area contributed by atoms with Gasteiger partial charge in [0.15, 0.2) is 0 Å². The number of anilines is 2. The molecule has 0 spiro atoms. The molecule has 0 aliphatic carbocycles. The zero-order valence-electron chi connectivity index (χ0n) is 22.4. The van der Waals surface area contributed by atoms with Gasteiger partial charge in [0.2, 0.25) is 11.1 Å². The van der Waals surface area contributed by atoms with Crippen LogP contribution >= 0.6 is 39.3 Å². The number of carbonyl (C=O) groups excluding carboxylic acids is 1. The molecule has 0 radical (unpaired) electrons. The SMILES string of the molecule is CCCOc1ccc(Br)cc1C1C(C(=O)Nc2ccccc2C)=C(C)Nc2nc(SCc3ccccc3Cl)nn21. The lowest BCUT2D eigenvalue weighted by Gasteiger charge is -2.30. The molecule has 1 atom stereocenters. The number of nitrogens with one attached hydrogen (secondary N) is 2. The first-order valence-electron chi connectivity index (χ1n) is 13.0. The minimum Gasteiger partial charge on any atom is -0.493 e. The van der Waals surface area contributed by atoms with E-state index < -0.39 is 6.04 Å². The van der Waals surface area contributed by atoms with Crippen LogP contribution in [0.25, 0.3) is 0 Å². The number of aromatic nitrogens is 3. The fraction of sp³-hybridized carbons (Fsp3) is 0.233. The number of aryl methyl sites for hydroxylation is 1. The van der Waals surface area contributed by atoms with Crippen molar-refractivity contribution in [3.05, 3.63) is 104 Å². The second-order valence-electron chi connectivity index (χ2n) is 9.41. The molecule has 10 heteroatoms. The molecule has 3 aromatic carbocycles. The number of hydrogen-bond acceptors (Lipinski definition) is 6. The number of allylic oxidation sites excluding steroid dienone is 1. The number of ether oxygens (including phenoxy) is 1. The van der Waals surface area contributed by atoms with E-state index in [2.05, 4.69) is 33.5 Å². The van der Waals surface area contributed by atoms with Crippen LogP contribution in [0.4, 0.5) is 11.6 Å². The van der Waals surface area contributed by atoms with Gasteiger partial charge in [0.05, 0.1) is 12.2 Å². The highest BCUT2D eigenvalue weighted by Crippen LogP contribution is 2.41. The van der Waals surface area contributed by atoms with Crippen LogP contribution in [0.2, 0.25) is 5.02 Å². The summed E-state index contributed by atoms with van der Waals surface area (Å²) in [5.41, 5.74) is 4.77. The normalized spacial score (nSPS) is 14.5. The molecule has 2 N–H and O–H groups in total. The maximum absolute atomic E-state index is 13.9. The minimum atomic E-state index is -0.577. The van der Waals surface area contributed by atoms with Gasteiger partial charge in [-0.2, -0.15) is 4.98 Å². The smallest absolute Gasteiger partial charge is 0.255 e. The molecule has 7 nitrogen and oxygen atoms in total. The summed E-state index contributed by atoms with van der Waals surface area (Å²) in [5.74, 6) is 1.63. The molecule has 0 saturated carbocycles. The average molecular weight is 639 g/mol. The first-order valence-corrected chi connectivity index (χ1v) is 15.1. The Morgan fingerprint density at radius 3 is 2.70 bits per heavy atom. The molecular weight excluding hydrogens is 610 g/mol. The van der Waals surface area contributed by atoms with E-state index in [1.54, 1.807) is 4.68 Å². The number of thioether (sulfide) groups is 1. The summed E-state index contributed by atoms with van der Waals surface area (Å²) >= 11 is 11.5. The van der Waals surface area contributed by atoms with Crippen LogP contribution in [0.1, 0.15) is 43.0 Å². The van der Waals surface area contributed by atoms with E-state index in [1.807, 2.05) is 80.6 Å². The average Bonchev–Trinajstić information content (AvgIpc) is 3.34. The van der Waals surface area contributed by atoms with Crippen molar-refractivity contribution < 1.29 is 9.53 Å². The Labute approximate surface area is 251 Å². The van der Waals surface area contributed by atoms with Crippen LogP contribution in [0.15, 0.2) is 87.6 Å². The van der Waals surface area contributed by atoms with Gasteiger partial charge in [-0.05, 0) is 61.7 Å². The van der Waals surface area contributed by atoms with Crippen LogP contribution in [-0.2, 0) is 10.5 Å². The quantitative estimate of drug-likeness (QED) is 0.181. The van der Waals surface area contributed by atoms with Gasteiger partial charge in [-0.15, -0.1) is 5.10 Å². The molecule has 4 aromatic rings. The Balaban J connectivity index is 1.57. The van der Waals surface area contributed by atoms with Gasteiger partial charge in [-0.3, -0.25) is 4.79 Å². The van der Waals surface area contributed by atoms with Crippen LogP contribution < -0.4 is 15.4 Å². The van der Waals surface area contributed by atoms with Gasteiger partial charge in [0.1, 0.15) is 11.8 Å². The molecule has 5 rings (SSSR count). The maximum atomic E-state index is 13.9. The molecule has 1 aliphatic heterocycles. The molecule has 206 valence electrons. The van der Waals surface area contributed by atoms with Gasteiger partial charge in [0.25, 0.3) is 5.91 Å². The predicted octanol–water partition coefficient (Wildman–Crippen LogP) is 8.01. The third-order valence-electron chi connectivity index (χ3n) is 6.51. The molecule has 1 aliphatic rings. The molecule has 0 bridgehead atoms. The third-order valence-corrected chi connectivity index (χ3v) is 8.26. The summed E-state index contributed by atoms with van der Waals surface area (Å²) in [6.45, 7) is 6.47. The summed E-state index contributed by atoms with van der Waals surface area (Å²) in [6, 6.07) is 20.7. The fourth-order valence-electron chi connectivity index (χ4n) is 4.51. The molecule has 40 heavy (non-hydrogen) atoms. The first kappa shape index (κ1) is 28.3. The predicted molar refractivity (Wildman–Crippen MR) is 165 cm³/mol. The van der Waals surface area contributed by atoms with E-state index in [-0.39, 0.29) is 5.91 Å². The molecule has 2 heterocycles. The number of benzene rings is 3. The van der Waals surface area contributed by atoms with Crippen molar-refractivity contribution in [1.29, 1.82) is 0 Å². The zero-order chi connectivity index (χ0) is 28.2. The van der Waals surface area contributed by atoms with E-state index >= 15 is 0 Å². The Hall–Kier alpha value is -3.27. The number of fused-ring (bicyclic) bond motifs is 1. The van der Waals surface area contributed by atoms with E-state index in [0.717, 1.165) is 33.3 Å². The van der Waals surface area contributed by atoms with E-state index in [9.17, 15) is 4.79 Å². The van der Waals surface area contributed by atoms with Crippen molar-refractivity contribution in [2.24, 2.45) is 0 Å². The van der Waals surface area contributed by atoms with Gasteiger partial charge in [-0.1, -0.05) is 82.6 Å². The molecule has 0 saturated heterocycles. The highest BCUT2D eigenvalue weighted by Gasteiger charge is 2.36. The van der Waals surface area contributed by atoms with Gasteiger partial charge >= 0.3 is 0 Å². The number of hydrogen-bond donors (Lipinski definition) is 2. The van der Waals surface area contributed by atoms with E-state index in [4.69, 9.17) is 26.4 Å². The summed E-state index contributed by atoms with van der Waals surface area (Å²) in [4.78, 5) is 18.7. The minimum absolute atomic E-state index is 0.225. The van der Waals surface area contributed by atoms with Crippen LogP contribution in [0.3, 0.4) is 0 Å². The summed E-state index contributed by atoms with van der Waals surface area (Å²) < 4.78 is 8.80. The fourth-order valence-corrected chi connectivity index (χ4v) is 6.00. The van der Waals surface area contributed by atoms with Crippen LogP contribution in [-0.4, -0.2) is 27.3 Å². The Kier molecular flexibility index (Phi) is 8.83. The van der Waals surface area contributed by atoms with Gasteiger partial charge in [-0.25, -0.2) is 4.68 Å². The Bertz CT molecular complexity index is 1590. The number of carbonyl (C=O) groups is 1. The number of amides is 1. The molecule has 1 aromatic heterocycles. The molecule has 0 fully saturated rings. The van der Waals surface area contributed by atoms with E-state index in [1.165, 1.54) is 11.8 Å². The van der Waals surface area contributed by atoms with Crippen molar-refractivity contribution in [3.63, 3.8) is 0 Å². The lowest BCUT2D eigenvalue weighted by atomic mass is 9.94. The topological polar surface area (TPSA) is 81.1 Å². The highest BCUT2D eigenvalue weighted by atomic mass is 79.9. The largest absolute Gasteiger partial charge is 0.493 e. The van der Waals surface area contributed by atoms with Crippen molar-refractivity contribution in [2.75, 3.05) is 17.2 Å². The molecule has 1 amide bonds. The van der Waals surface area contributed by atoms with E-state index in [0.29, 0.717) is 45.5 Å². The highest BCUT2D eigenvalue weighted by molar-refractivity contribution is 9.10. The standard InChI is InChI=1S/C30H29BrClN5O2S/c1-4-15-39-25-14-13-21(31)16-22(25)27-26(28(38)34-24-12-8-5-9-18(24)2)19(3)33-29-35-30(36-37(27)29)40-17-20-10-6-7-11-23(20)32/h5-14,16,27H,4,15,17H2,1-3H3,(H,34,38)(H,33,35,36). The van der Waals surface area contributed by atoms with Crippen LogP contribution in [0.5, 0.6) is 5.75 Å². The lowest BCUT2D eigenvalue weighted by Crippen LogP contribution is -2.32. The number of nitrogens with zero attached hydrogens (tertiary/aromatic N) is 3. The van der Waals surface area contributed by atoms with Crippen molar-refractivity contribution >= 4 is 56.8 Å². The second-order valence-corrected chi connectivity index (χ2v) is 11.7. The monoisotopic (exact) mass is 637 g/mol. The zero-order valence-corrected chi connectivity index (χ0v) is 25.5. The Morgan fingerprint density at radius 1 is 1.15 bits per heavy atom. The number of halogens is 2. The van der Waals surface area contributed by atoms with Gasteiger partial charge < -0.3 is 15.4 Å². The van der Waals surface area contributed by atoms with Gasteiger partial charge in [0, 0.05) is 32.2 Å². The summed E-state index contributed by atoms with van der Waals surface area (Å²) in [6.07, 6.45) is 0.856. The lowest BCUT2D eigenvalue weighted by molar-refractivity contribution is -0.113. The third kappa shape index (κ3) is 6.06. The second kappa shape index (κ2) is 12.5. The van der Waals surface area contributed by atoms with Crippen LogP contribution in [0, 0.1) is 6.92 Å². The number of para-hydroxylation sites is 1. The maximum Gasteiger partial charge on any atom is 0.255 e. The van der Waals surface area contributed by atoms with Crippen molar-refractivity contribution in [1.82, 2.24) is 14.8 Å². The molecular formula is C30H29BrClN5O2S.